The standard InChI is InChI=1S/C26H28N4O2S/c1-17-15-19(3)28-25-23(17)30(13-14-33-25)26(32)29-22-11-9-21(10-12-22)24(31)27-16-18(2)20-7-5-4-6-8-20/h4-12,15,18H,13-14,16H2,1-3H3,(H,27,31)(H,29,32)/t18-/m1/s1. The number of rotatable bonds is 5. The van der Waals surface area contributed by atoms with Crippen LogP contribution in [0.25, 0.3) is 0 Å². The average Bonchev–Trinajstić information content (AvgIpc) is 2.82. The minimum atomic E-state index is -0.195. The second kappa shape index (κ2) is 10.1. The summed E-state index contributed by atoms with van der Waals surface area (Å²) in [5, 5.41) is 6.83. The topological polar surface area (TPSA) is 74.3 Å². The lowest BCUT2D eigenvalue weighted by atomic mass is 10.0. The number of benzene rings is 2. The van der Waals surface area contributed by atoms with Crippen molar-refractivity contribution in [2.24, 2.45) is 0 Å². The molecule has 0 radical (unpaired) electrons. The Morgan fingerprint density at radius 1 is 1.09 bits per heavy atom. The molecule has 0 spiro atoms. The second-order valence-corrected chi connectivity index (χ2v) is 9.35. The van der Waals surface area contributed by atoms with Crippen molar-refractivity contribution in [3.05, 3.63) is 83.0 Å². The third-order valence-electron chi connectivity index (χ3n) is 5.68. The van der Waals surface area contributed by atoms with Crippen LogP contribution in [0.2, 0.25) is 0 Å². The monoisotopic (exact) mass is 460 g/mol. The molecule has 0 saturated carbocycles. The van der Waals surface area contributed by atoms with Gasteiger partial charge in [0.25, 0.3) is 5.91 Å². The number of anilines is 2. The molecule has 170 valence electrons. The molecule has 0 saturated heterocycles. The first-order chi connectivity index (χ1) is 15.9. The molecule has 1 aromatic heterocycles. The number of nitrogens with one attached hydrogen (secondary N) is 2. The van der Waals surface area contributed by atoms with Crippen LogP contribution in [0.15, 0.2) is 65.7 Å². The molecular formula is C26H28N4O2S. The van der Waals surface area contributed by atoms with E-state index in [-0.39, 0.29) is 17.9 Å². The Bertz CT molecular complexity index is 1150. The lowest BCUT2D eigenvalue weighted by molar-refractivity contribution is 0.0951. The predicted molar refractivity (Wildman–Crippen MR) is 134 cm³/mol. The van der Waals surface area contributed by atoms with Gasteiger partial charge in [-0.15, -0.1) is 11.8 Å². The smallest absolute Gasteiger partial charge is 0.326 e. The van der Waals surface area contributed by atoms with Gasteiger partial charge >= 0.3 is 6.03 Å². The van der Waals surface area contributed by atoms with Crippen molar-refractivity contribution in [2.45, 2.75) is 31.7 Å². The third-order valence-corrected chi connectivity index (χ3v) is 6.63. The number of nitrogens with zero attached hydrogens (tertiary/aromatic N) is 2. The van der Waals surface area contributed by atoms with Crippen molar-refractivity contribution >= 4 is 35.1 Å². The fourth-order valence-corrected chi connectivity index (χ4v) is 5.00. The molecule has 3 aromatic rings. The molecule has 2 N–H and O–H groups in total. The Morgan fingerprint density at radius 2 is 1.82 bits per heavy atom. The summed E-state index contributed by atoms with van der Waals surface area (Å²) >= 11 is 1.68. The SMILES string of the molecule is Cc1cc(C)c2c(n1)SCCN2C(=O)Nc1ccc(C(=O)NC[C@@H](C)c2ccccc2)cc1. The van der Waals surface area contributed by atoms with Gasteiger partial charge in [-0.3, -0.25) is 9.69 Å². The predicted octanol–water partition coefficient (Wildman–Crippen LogP) is 5.38. The number of urea groups is 1. The largest absolute Gasteiger partial charge is 0.351 e. The minimum absolute atomic E-state index is 0.130. The molecule has 0 aliphatic carbocycles. The number of hydrogen-bond donors (Lipinski definition) is 2. The molecule has 4 rings (SSSR count). The van der Waals surface area contributed by atoms with E-state index in [1.807, 2.05) is 38.1 Å². The van der Waals surface area contributed by atoms with Crippen LogP contribution in [0.1, 0.15) is 40.0 Å². The fraction of sp³-hybridized carbons (Fsp3) is 0.269. The first-order valence-electron chi connectivity index (χ1n) is 11.0. The van der Waals surface area contributed by atoms with Gasteiger partial charge in [0.15, 0.2) is 0 Å². The van der Waals surface area contributed by atoms with Crippen molar-refractivity contribution < 1.29 is 9.59 Å². The van der Waals surface area contributed by atoms with Gasteiger partial charge in [-0.1, -0.05) is 37.3 Å². The van der Waals surface area contributed by atoms with E-state index in [4.69, 9.17) is 0 Å². The number of carbonyl (C=O) groups excluding carboxylic acids is 2. The number of aromatic nitrogens is 1. The zero-order chi connectivity index (χ0) is 23.4. The van der Waals surface area contributed by atoms with Crippen molar-refractivity contribution in [3.8, 4) is 0 Å². The van der Waals surface area contributed by atoms with Crippen LogP contribution < -0.4 is 15.5 Å². The second-order valence-electron chi connectivity index (χ2n) is 8.26. The normalized spacial score (nSPS) is 13.7. The van der Waals surface area contributed by atoms with E-state index in [1.165, 1.54) is 5.56 Å². The number of hydrogen-bond acceptors (Lipinski definition) is 4. The molecule has 1 aliphatic heterocycles. The Kier molecular flexibility index (Phi) is 6.99. The molecule has 6 nitrogen and oxygen atoms in total. The Morgan fingerprint density at radius 3 is 2.55 bits per heavy atom. The highest BCUT2D eigenvalue weighted by atomic mass is 32.2. The molecule has 1 atom stereocenters. The number of carbonyl (C=O) groups is 2. The van der Waals surface area contributed by atoms with Gasteiger partial charge in [-0.25, -0.2) is 9.78 Å². The zero-order valence-corrected chi connectivity index (χ0v) is 19.9. The number of fused-ring (bicyclic) bond motifs is 1. The zero-order valence-electron chi connectivity index (χ0n) is 19.1. The van der Waals surface area contributed by atoms with Crippen molar-refractivity contribution in [3.63, 3.8) is 0 Å². The molecule has 0 fully saturated rings. The summed E-state index contributed by atoms with van der Waals surface area (Å²) < 4.78 is 0. The van der Waals surface area contributed by atoms with Gasteiger partial charge in [0.1, 0.15) is 5.03 Å². The number of pyridine rings is 1. The summed E-state index contributed by atoms with van der Waals surface area (Å²) in [5.41, 5.74) is 5.26. The molecule has 33 heavy (non-hydrogen) atoms. The maximum absolute atomic E-state index is 13.0. The highest BCUT2D eigenvalue weighted by Crippen LogP contribution is 2.36. The summed E-state index contributed by atoms with van der Waals surface area (Å²) in [7, 11) is 0. The van der Waals surface area contributed by atoms with Crippen LogP contribution in [0.3, 0.4) is 0 Å². The molecule has 3 amide bonds. The van der Waals surface area contributed by atoms with Gasteiger partial charge in [-0.05, 0) is 61.2 Å². The summed E-state index contributed by atoms with van der Waals surface area (Å²) in [4.78, 5) is 31.9. The molecule has 1 aliphatic rings. The van der Waals surface area contributed by atoms with Crippen LogP contribution in [0, 0.1) is 13.8 Å². The van der Waals surface area contributed by atoms with Crippen LogP contribution in [-0.2, 0) is 0 Å². The van der Waals surface area contributed by atoms with Gasteiger partial charge < -0.3 is 10.6 Å². The molecular weight excluding hydrogens is 432 g/mol. The first kappa shape index (κ1) is 22.9. The van der Waals surface area contributed by atoms with Crippen LogP contribution in [0.5, 0.6) is 0 Å². The summed E-state index contributed by atoms with van der Waals surface area (Å²) in [6.07, 6.45) is 0. The van der Waals surface area contributed by atoms with Crippen molar-refractivity contribution in [1.29, 1.82) is 0 Å². The lowest BCUT2D eigenvalue weighted by Gasteiger charge is -2.30. The lowest BCUT2D eigenvalue weighted by Crippen LogP contribution is -2.39. The first-order valence-corrected chi connectivity index (χ1v) is 12.0. The maximum Gasteiger partial charge on any atom is 0.326 e. The average molecular weight is 461 g/mol. The number of thioether (sulfide) groups is 1. The van der Waals surface area contributed by atoms with E-state index in [0.29, 0.717) is 24.3 Å². The molecule has 2 aromatic carbocycles. The highest BCUT2D eigenvalue weighted by Gasteiger charge is 2.26. The quantitative estimate of drug-likeness (QED) is 0.536. The van der Waals surface area contributed by atoms with Crippen molar-refractivity contribution in [2.75, 3.05) is 29.1 Å². The summed E-state index contributed by atoms with van der Waals surface area (Å²) in [6, 6.07) is 18.9. The van der Waals surface area contributed by atoms with E-state index < -0.39 is 0 Å². The summed E-state index contributed by atoms with van der Waals surface area (Å²) in [6.45, 7) is 7.23. The molecule has 7 heteroatoms. The molecule has 0 unspecified atom stereocenters. The molecule has 2 heterocycles. The van der Waals surface area contributed by atoms with Crippen LogP contribution >= 0.6 is 11.8 Å². The Labute approximate surface area is 198 Å². The van der Waals surface area contributed by atoms with Crippen LogP contribution in [0.4, 0.5) is 16.2 Å². The van der Waals surface area contributed by atoms with E-state index >= 15 is 0 Å². The summed E-state index contributed by atoms with van der Waals surface area (Å²) in [5.74, 6) is 0.896. The van der Waals surface area contributed by atoms with Gasteiger partial charge in [-0.2, -0.15) is 0 Å². The van der Waals surface area contributed by atoms with E-state index in [9.17, 15) is 9.59 Å². The van der Waals surface area contributed by atoms with E-state index in [2.05, 4.69) is 34.7 Å². The third kappa shape index (κ3) is 5.37. The van der Waals surface area contributed by atoms with E-state index in [0.717, 1.165) is 27.7 Å². The van der Waals surface area contributed by atoms with Gasteiger partial charge in [0, 0.05) is 35.8 Å². The Hall–Kier alpha value is -3.32. The fourth-order valence-electron chi connectivity index (χ4n) is 3.92. The number of aryl methyl sites for hydroxylation is 2. The molecule has 0 bridgehead atoms. The minimum Gasteiger partial charge on any atom is -0.351 e. The maximum atomic E-state index is 13.0. The van der Waals surface area contributed by atoms with Gasteiger partial charge in [0.05, 0.1) is 5.69 Å². The van der Waals surface area contributed by atoms with E-state index in [1.54, 1.807) is 40.9 Å². The highest BCUT2D eigenvalue weighted by molar-refractivity contribution is 7.99. The Balaban J connectivity index is 1.37. The number of amides is 3. The van der Waals surface area contributed by atoms with Crippen LogP contribution in [-0.4, -0.2) is 35.8 Å². The van der Waals surface area contributed by atoms with Gasteiger partial charge in [0.2, 0.25) is 0 Å². The van der Waals surface area contributed by atoms with Crippen molar-refractivity contribution in [1.82, 2.24) is 10.3 Å².